The molecule has 0 aliphatic carbocycles. The number of hydrogen-bond acceptors (Lipinski definition) is 4. The average molecular weight is 385 g/mol. The van der Waals surface area contributed by atoms with E-state index in [0.717, 1.165) is 36.4 Å². The highest BCUT2D eigenvalue weighted by molar-refractivity contribution is 5.79. The molecule has 0 unspecified atom stereocenters. The molecule has 1 amide bonds. The molecule has 6 nitrogen and oxygen atoms in total. The van der Waals surface area contributed by atoms with E-state index in [1.165, 1.54) is 5.56 Å². The molecule has 1 N–H and O–H groups in total. The lowest BCUT2D eigenvalue weighted by Crippen LogP contribution is -2.34. The minimum atomic E-state index is 0.0995. The number of ether oxygens (including phenoxy) is 1. The van der Waals surface area contributed by atoms with Crippen LogP contribution < -0.4 is 10.1 Å². The summed E-state index contributed by atoms with van der Waals surface area (Å²) in [6.07, 6.45) is 4.58. The Labute approximate surface area is 167 Å². The molecular weight excluding hydrogens is 352 g/mol. The number of methoxy groups -OCH3 is 1. The van der Waals surface area contributed by atoms with Crippen LogP contribution in [0.5, 0.6) is 5.75 Å². The van der Waals surface area contributed by atoms with Gasteiger partial charge in [0, 0.05) is 50.3 Å². The molecule has 1 aliphatic heterocycles. The van der Waals surface area contributed by atoms with E-state index in [1.54, 1.807) is 7.11 Å². The van der Waals surface area contributed by atoms with E-state index in [9.17, 15) is 4.79 Å². The summed E-state index contributed by atoms with van der Waals surface area (Å²) in [7, 11) is 5.54. The van der Waals surface area contributed by atoms with Crippen molar-refractivity contribution in [3.8, 4) is 5.75 Å². The van der Waals surface area contributed by atoms with Crippen molar-refractivity contribution in [1.82, 2.24) is 20.0 Å². The molecule has 3 atom stereocenters. The Kier molecular flexibility index (Phi) is 6.39. The third kappa shape index (κ3) is 4.38. The predicted octanol–water partition coefficient (Wildman–Crippen LogP) is 2.87. The van der Waals surface area contributed by atoms with Crippen molar-refractivity contribution in [3.05, 3.63) is 47.3 Å². The van der Waals surface area contributed by atoms with E-state index < -0.39 is 0 Å². The molecule has 152 valence electrons. The normalized spacial score (nSPS) is 20.6. The van der Waals surface area contributed by atoms with Crippen molar-refractivity contribution in [3.63, 3.8) is 0 Å². The minimum absolute atomic E-state index is 0.0995. The Hall–Kier alpha value is -2.34. The van der Waals surface area contributed by atoms with Gasteiger partial charge in [0.1, 0.15) is 5.75 Å². The third-order valence-corrected chi connectivity index (χ3v) is 6.04. The van der Waals surface area contributed by atoms with Crippen LogP contribution in [-0.4, -0.2) is 47.3 Å². The molecule has 0 radical (unpaired) electrons. The quantitative estimate of drug-likeness (QED) is 0.760. The first-order valence-corrected chi connectivity index (χ1v) is 10.0. The van der Waals surface area contributed by atoms with Gasteiger partial charge in [0.2, 0.25) is 5.91 Å². The summed E-state index contributed by atoms with van der Waals surface area (Å²) in [6.45, 7) is 5.12. The van der Waals surface area contributed by atoms with Gasteiger partial charge in [-0.3, -0.25) is 9.48 Å². The van der Waals surface area contributed by atoms with Crippen LogP contribution in [0.15, 0.2) is 30.5 Å². The molecule has 1 aliphatic rings. The molecule has 1 aromatic heterocycles. The van der Waals surface area contributed by atoms with E-state index in [-0.39, 0.29) is 17.9 Å². The lowest BCUT2D eigenvalue weighted by atomic mass is 9.93. The molecule has 0 spiro atoms. The molecule has 6 heteroatoms. The highest BCUT2D eigenvalue weighted by Gasteiger charge is 2.39. The number of benzene rings is 1. The van der Waals surface area contributed by atoms with Crippen LogP contribution in [0.25, 0.3) is 0 Å². The van der Waals surface area contributed by atoms with Crippen LogP contribution in [-0.2, 0) is 18.3 Å². The first-order valence-electron chi connectivity index (χ1n) is 10.0. The van der Waals surface area contributed by atoms with Gasteiger partial charge in [0.05, 0.1) is 19.3 Å². The summed E-state index contributed by atoms with van der Waals surface area (Å²) in [6, 6.07) is 8.75. The van der Waals surface area contributed by atoms with Gasteiger partial charge in [-0.05, 0) is 44.4 Å². The SMILES string of the molecule is COc1ccc(CC[C@@H](C)NC[C@@H]2CC(=O)N(C)[C@H]2c2cnn(C)c2C)cc1. The van der Waals surface area contributed by atoms with E-state index in [0.29, 0.717) is 12.5 Å². The van der Waals surface area contributed by atoms with Gasteiger partial charge < -0.3 is 15.0 Å². The number of amides is 1. The summed E-state index contributed by atoms with van der Waals surface area (Å²) < 4.78 is 7.10. The fourth-order valence-corrected chi connectivity index (χ4v) is 4.03. The van der Waals surface area contributed by atoms with Crippen molar-refractivity contribution >= 4 is 5.91 Å². The first-order chi connectivity index (χ1) is 13.4. The summed E-state index contributed by atoms with van der Waals surface area (Å²) in [5.74, 6) is 1.37. The van der Waals surface area contributed by atoms with Crippen molar-refractivity contribution in [1.29, 1.82) is 0 Å². The van der Waals surface area contributed by atoms with Gasteiger partial charge in [0.25, 0.3) is 0 Å². The smallest absolute Gasteiger partial charge is 0.223 e. The van der Waals surface area contributed by atoms with E-state index in [1.807, 2.05) is 42.0 Å². The van der Waals surface area contributed by atoms with Crippen LogP contribution >= 0.6 is 0 Å². The van der Waals surface area contributed by atoms with Gasteiger partial charge >= 0.3 is 0 Å². The lowest BCUT2D eigenvalue weighted by molar-refractivity contribution is -0.127. The van der Waals surface area contributed by atoms with Crippen LogP contribution in [0, 0.1) is 12.8 Å². The maximum Gasteiger partial charge on any atom is 0.223 e. The topological polar surface area (TPSA) is 59.4 Å². The Balaban J connectivity index is 1.55. The molecule has 3 rings (SSSR count). The molecule has 0 bridgehead atoms. The van der Waals surface area contributed by atoms with Gasteiger partial charge in [0.15, 0.2) is 0 Å². The zero-order valence-corrected chi connectivity index (χ0v) is 17.6. The highest BCUT2D eigenvalue weighted by Crippen LogP contribution is 2.37. The average Bonchev–Trinajstić information content (AvgIpc) is 3.17. The number of likely N-dealkylation sites (tertiary alicyclic amines) is 1. The summed E-state index contributed by atoms with van der Waals surface area (Å²) in [4.78, 5) is 14.2. The van der Waals surface area contributed by atoms with E-state index in [2.05, 4.69) is 36.4 Å². The van der Waals surface area contributed by atoms with Gasteiger partial charge in [-0.1, -0.05) is 12.1 Å². The number of nitrogens with one attached hydrogen (secondary N) is 1. The van der Waals surface area contributed by atoms with Gasteiger partial charge in [-0.25, -0.2) is 0 Å². The van der Waals surface area contributed by atoms with E-state index in [4.69, 9.17) is 4.74 Å². The van der Waals surface area contributed by atoms with Crippen LogP contribution in [0.1, 0.15) is 42.6 Å². The summed E-state index contributed by atoms with van der Waals surface area (Å²) in [5.41, 5.74) is 3.60. The summed E-state index contributed by atoms with van der Waals surface area (Å²) >= 11 is 0. The molecule has 1 aromatic carbocycles. The second-order valence-corrected chi connectivity index (χ2v) is 7.92. The third-order valence-electron chi connectivity index (χ3n) is 6.04. The Morgan fingerprint density at radius 1 is 1.29 bits per heavy atom. The molecule has 0 saturated carbocycles. The zero-order chi connectivity index (χ0) is 20.3. The Morgan fingerprint density at radius 3 is 2.61 bits per heavy atom. The molecular formula is C22H32N4O2. The standard InChI is InChI=1S/C22H32N4O2/c1-15(6-7-17-8-10-19(28-5)11-9-17)23-13-18-12-21(27)25(3)22(18)20-14-24-26(4)16(20)2/h8-11,14-15,18,22-23H,6-7,12-13H2,1-5H3/t15-,18+,22-/m1/s1. The van der Waals surface area contributed by atoms with Gasteiger partial charge in [-0.2, -0.15) is 5.10 Å². The number of carbonyl (C=O) groups excluding carboxylic acids is 1. The second-order valence-electron chi connectivity index (χ2n) is 7.92. The fourth-order valence-electron chi connectivity index (χ4n) is 4.03. The molecule has 2 heterocycles. The largest absolute Gasteiger partial charge is 0.497 e. The fraction of sp³-hybridized carbons (Fsp3) is 0.545. The number of aryl methyl sites for hydroxylation is 2. The van der Waals surface area contributed by atoms with E-state index >= 15 is 0 Å². The lowest BCUT2D eigenvalue weighted by Gasteiger charge is -2.26. The van der Waals surface area contributed by atoms with Crippen LogP contribution in [0.3, 0.4) is 0 Å². The predicted molar refractivity (Wildman–Crippen MR) is 110 cm³/mol. The minimum Gasteiger partial charge on any atom is -0.497 e. The number of aromatic nitrogens is 2. The number of hydrogen-bond donors (Lipinski definition) is 1. The van der Waals surface area contributed by atoms with Crippen molar-refractivity contribution in [2.75, 3.05) is 20.7 Å². The highest BCUT2D eigenvalue weighted by atomic mass is 16.5. The van der Waals surface area contributed by atoms with Gasteiger partial charge in [-0.15, -0.1) is 0 Å². The zero-order valence-electron chi connectivity index (χ0n) is 17.6. The van der Waals surface area contributed by atoms with Crippen molar-refractivity contribution < 1.29 is 9.53 Å². The number of nitrogens with zero attached hydrogens (tertiary/aromatic N) is 3. The molecule has 1 saturated heterocycles. The Morgan fingerprint density at radius 2 is 2.00 bits per heavy atom. The molecule has 28 heavy (non-hydrogen) atoms. The first kappa shape index (κ1) is 20.4. The molecule has 1 fully saturated rings. The maximum atomic E-state index is 12.4. The van der Waals surface area contributed by atoms with Crippen molar-refractivity contribution in [2.45, 2.75) is 45.2 Å². The number of rotatable bonds is 8. The monoisotopic (exact) mass is 384 g/mol. The van der Waals surface area contributed by atoms with Crippen LogP contribution in [0.4, 0.5) is 0 Å². The Bertz CT molecular complexity index is 799. The maximum absolute atomic E-state index is 12.4. The van der Waals surface area contributed by atoms with Crippen LogP contribution in [0.2, 0.25) is 0 Å². The second kappa shape index (κ2) is 8.78. The number of carbonyl (C=O) groups is 1. The summed E-state index contributed by atoms with van der Waals surface area (Å²) in [5, 5.41) is 8.03. The van der Waals surface area contributed by atoms with Crippen molar-refractivity contribution in [2.24, 2.45) is 13.0 Å². The molecule has 2 aromatic rings.